The van der Waals surface area contributed by atoms with Crippen molar-refractivity contribution >= 4 is 23.2 Å². The van der Waals surface area contributed by atoms with Gasteiger partial charge in [-0.05, 0) is 18.2 Å². The van der Waals surface area contributed by atoms with Gasteiger partial charge in [0, 0.05) is 17.2 Å². The Bertz CT molecular complexity index is 472. The predicted molar refractivity (Wildman–Crippen MR) is 70.9 cm³/mol. The molecule has 1 aromatic rings. The van der Waals surface area contributed by atoms with Gasteiger partial charge in [0.25, 0.3) is 0 Å². The van der Waals surface area contributed by atoms with Gasteiger partial charge in [-0.15, -0.1) is 0 Å². The lowest BCUT2D eigenvalue weighted by molar-refractivity contribution is -0.118. The molecule has 4 heteroatoms. The van der Waals surface area contributed by atoms with Gasteiger partial charge in [0.05, 0.1) is 11.6 Å². The Balaban J connectivity index is 2.92. The molecule has 1 amide bonds. The monoisotopic (exact) mass is 250 g/mol. The van der Waals surface area contributed by atoms with E-state index in [1.165, 1.54) is 0 Å². The number of carbonyl (C=O) groups is 1. The topological polar surface area (TPSA) is 55.1 Å². The van der Waals surface area contributed by atoms with Crippen LogP contribution in [-0.2, 0) is 4.79 Å². The second-order valence-electron chi connectivity index (χ2n) is 3.84. The Morgan fingerprint density at radius 1 is 1.53 bits per heavy atom. The number of hydrogen-bond donors (Lipinski definition) is 2. The lowest BCUT2D eigenvalue weighted by Crippen LogP contribution is -2.17. The van der Waals surface area contributed by atoms with Crippen LogP contribution < -0.4 is 11.1 Å². The molecule has 0 heterocycles. The molecule has 0 unspecified atom stereocenters. The predicted octanol–water partition coefficient (Wildman–Crippen LogP) is 2.24. The third kappa shape index (κ3) is 4.10. The molecule has 3 N–H and O–H groups in total. The molecular weight excluding hydrogens is 236 g/mol. The standard InChI is InChI=1S/C13H15ClN2O/c1-9(2)13(17)16-11-5-6-12(14)10(8-11)4-3-7-15/h5-6,8-9H,7,15H2,1-2H3,(H,16,17). The SMILES string of the molecule is CC(C)C(=O)Nc1ccc(Cl)c(C#CCN)c1. The highest BCUT2D eigenvalue weighted by Gasteiger charge is 2.07. The summed E-state index contributed by atoms with van der Waals surface area (Å²) < 4.78 is 0. The summed E-state index contributed by atoms with van der Waals surface area (Å²) in [6.07, 6.45) is 0. The number of hydrogen-bond acceptors (Lipinski definition) is 2. The Kier molecular flexibility index (Phi) is 5.02. The second-order valence-corrected chi connectivity index (χ2v) is 4.25. The van der Waals surface area contributed by atoms with Crippen molar-refractivity contribution in [3.63, 3.8) is 0 Å². The highest BCUT2D eigenvalue weighted by molar-refractivity contribution is 6.31. The molecule has 3 nitrogen and oxygen atoms in total. The molecule has 1 rings (SSSR count). The molecule has 0 radical (unpaired) electrons. The summed E-state index contributed by atoms with van der Waals surface area (Å²) in [6, 6.07) is 5.19. The molecule has 0 spiro atoms. The van der Waals surface area contributed by atoms with Crippen LogP contribution in [0.25, 0.3) is 0 Å². The number of amides is 1. The van der Waals surface area contributed by atoms with Gasteiger partial charge in [-0.25, -0.2) is 0 Å². The zero-order chi connectivity index (χ0) is 12.8. The molecule has 0 aliphatic heterocycles. The number of carbonyl (C=O) groups excluding carboxylic acids is 1. The third-order valence-corrected chi connectivity index (χ3v) is 2.41. The molecule has 0 bridgehead atoms. The number of halogens is 1. The summed E-state index contributed by atoms with van der Waals surface area (Å²) in [4.78, 5) is 11.5. The van der Waals surface area contributed by atoms with Crippen molar-refractivity contribution in [1.29, 1.82) is 0 Å². The van der Waals surface area contributed by atoms with Gasteiger partial charge in [0.15, 0.2) is 0 Å². The largest absolute Gasteiger partial charge is 0.326 e. The minimum atomic E-state index is -0.0655. The highest BCUT2D eigenvalue weighted by Crippen LogP contribution is 2.20. The molecular formula is C13H15ClN2O. The number of benzene rings is 1. The minimum absolute atomic E-state index is 0.0370. The van der Waals surface area contributed by atoms with E-state index in [-0.39, 0.29) is 18.4 Å². The molecule has 0 saturated heterocycles. The van der Waals surface area contributed by atoms with Crippen LogP contribution in [0.2, 0.25) is 5.02 Å². The van der Waals surface area contributed by atoms with Crippen molar-refractivity contribution < 1.29 is 4.79 Å². The fraction of sp³-hybridized carbons (Fsp3) is 0.308. The van der Waals surface area contributed by atoms with Crippen molar-refractivity contribution in [1.82, 2.24) is 0 Å². The van der Waals surface area contributed by atoms with Crippen LogP contribution >= 0.6 is 11.6 Å². The quantitative estimate of drug-likeness (QED) is 0.791. The van der Waals surface area contributed by atoms with Gasteiger partial charge in [-0.1, -0.05) is 37.3 Å². The summed E-state index contributed by atoms with van der Waals surface area (Å²) in [5.74, 6) is 5.48. The van der Waals surface area contributed by atoms with E-state index < -0.39 is 0 Å². The summed E-state index contributed by atoms with van der Waals surface area (Å²) in [5.41, 5.74) is 6.65. The smallest absolute Gasteiger partial charge is 0.226 e. The van der Waals surface area contributed by atoms with Crippen LogP contribution in [0.5, 0.6) is 0 Å². The van der Waals surface area contributed by atoms with E-state index in [9.17, 15) is 4.79 Å². The van der Waals surface area contributed by atoms with E-state index >= 15 is 0 Å². The van der Waals surface area contributed by atoms with Gasteiger partial charge >= 0.3 is 0 Å². The number of nitrogens with two attached hydrogens (primary N) is 1. The van der Waals surface area contributed by atoms with Gasteiger partial charge in [-0.2, -0.15) is 0 Å². The maximum atomic E-state index is 11.5. The first kappa shape index (κ1) is 13.6. The van der Waals surface area contributed by atoms with E-state index in [4.69, 9.17) is 17.3 Å². The maximum Gasteiger partial charge on any atom is 0.226 e. The van der Waals surface area contributed by atoms with Crippen LogP contribution in [0.3, 0.4) is 0 Å². The van der Waals surface area contributed by atoms with Crippen molar-refractivity contribution in [2.45, 2.75) is 13.8 Å². The number of rotatable bonds is 2. The molecule has 90 valence electrons. The van der Waals surface area contributed by atoms with Crippen LogP contribution in [0, 0.1) is 17.8 Å². The fourth-order valence-corrected chi connectivity index (χ4v) is 1.30. The molecule has 0 aliphatic rings. The Morgan fingerprint density at radius 3 is 2.82 bits per heavy atom. The summed E-state index contributed by atoms with van der Waals surface area (Å²) >= 11 is 5.98. The summed E-state index contributed by atoms with van der Waals surface area (Å²) in [7, 11) is 0. The average molecular weight is 251 g/mol. The molecule has 0 saturated carbocycles. The average Bonchev–Trinajstić information content (AvgIpc) is 2.29. The zero-order valence-electron chi connectivity index (χ0n) is 9.88. The van der Waals surface area contributed by atoms with Crippen LogP contribution in [0.15, 0.2) is 18.2 Å². The van der Waals surface area contributed by atoms with Crippen molar-refractivity contribution in [3.05, 3.63) is 28.8 Å². The molecule has 17 heavy (non-hydrogen) atoms. The number of nitrogens with one attached hydrogen (secondary N) is 1. The van der Waals surface area contributed by atoms with Gasteiger partial charge in [0.1, 0.15) is 0 Å². The Labute approximate surface area is 106 Å². The van der Waals surface area contributed by atoms with Gasteiger partial charge in [-0.3, -0.25) is 4.79 Å². The van der Waals surface area contributed by atoms with E-state index in [0.29, 0.717) is 16.3 Å². The maximum absolute atomic E-state index is 11.5. The lowest BCUT2D eigenvalue weighted by Gasteiger charge is -2.08. The van der Waals surface area contributed by atoms with Gasteiger partial charge in [0.2, 0.25) is 5.91 Å². The number of anilines is 1. The first-order valence-corrected chi connectivity index (χ1v) is 5.71. The van der Waals surface area contributed by atoms with E-state index in [1.807, 2.05) is 13.8 Å². The van der Waals surface area contributed by atoms with Crippen LogP contribution in [-0.4, -0.2) is 12.5 Å². The minimum Gasteiger partial charge on any atom is -0.326 e. The van der Waals surface area contributed by atoms with Crippen LogP contribution in [0.4, 0.5) is 5.69 Å². The first-order chi connectivity index (χ1) is 8.04. The molecule has 0 fully saturated rings. The van der Waals surface area contributed by atoms with Crippen molar-refractivity contribution in [2.24, 2.45) is 11.7 Å². The first-order valence-electron chi connectivity index (χ1n) is 5.34. The Hall–Kier alpha value is -1.50. The molecule has 0 atom stereocenters. The van der Waals surface area contributed by atoms with E-state index in [1.54, 1.807) is 18.2 Å². The molecule has 1 aromatic carbocycles. The second kappa shape index (κ2) is 6.29. The van der Waals surface area contributed by atoms with Crippen LogP contribution in [0.1, 0.15) is 19.4 Å². The zero-order valence-corrected chi connectivity index (χ0v) is 10.6. The van der Waals surface area contributed by atoms with Gasteiger partial charge < -0.3 is 11.1 Å². The van der Waals surface area contributed by atoms with Crippen molar-refractivity contribution in [2.75, 3.05) is 11.9 Å². The fourth-order valence-electron chi connectivity index (χ4n) is 1.13. The lowest BCUT2D eigenvalue weighted by atomic mass is 10.1. The highest BCUT2D eigenvalue weighted by atomic mass is 35.5. The summed E-state index contributed by atoms with van der Waals surface area (Å²) in [5, 5.41) is 3.34. The normalized spacial score (nSPS) is 9.71. The molecule has 0 aromatic heterocycles. The van der Waals surface area contributed by atoms with E-state index in [2.05, 4.69) is 17.2 Å². The third-order valence-electron chi connectivity index (χ3n) is 2.08. The van der Waals surface area contributed by atoms with Crippen molar-refractivity contribution in [3.8, 4) is 11.8 Å². The molecule has 0 aliphatic carbocycles. The Morgan fingerprint density at radius 2 is 2.24 bits per heavy atom. The summed E-state index contributed by atoms with van der Waals surface area (Å²) in [6.45, 7) is 3.94. The van der Waals surface area contributed by atoms with E-state index in [0.717, 1.165) is 0 Å².